The van der Waals surface area contributed by atoms with E-state index in [0.29, 0.717) is 18.0 Å². The minimum atomic E-state index is -0.140. The number of nitrogens with one attached hydrogen (secondary N) is 1. The normalized spacial score (nSPS) is 12.9. The first-order valence-corrected chi connectivity index (χ1v) is 9.18. The quantitative estimate of drug-likeness (QED) is 0.733. The van der Waals surface area contributed by atoms with E-state index in [1.165, 1.54) is 0 Å². The number of benzene rings is 3. The van der Waals surface area contributed by atoms with Crippen LogP contribution in [-0.4, -0.2) is 25.0 Å². The molecule has 0 bridgehead atoms. The van der Waals surface area contributed by atoms with Gasteiger partial charge in [-0.05, 0) is 35.4 Å². The Labute approximate surface area is 163 Å². The van der Waals surface area contributed by atoms with E-state index in [1.54, 1.807) is 4.90 Å². The minimum Gasteiger partial charge on any atom is -0.482 e. The summed E-state index contributed by atoms with van der Waals surface area (Å²) in [6.07, 6.45) is 0.209. The van der Waals surface area contributed by atoms with Gasteiger partial charge >= 0.3 is 0 Å². The van der Waals surface area contributed by atoms with Crippen LogP contribution < -0.4 is 15.0 Å². The number of fused-ring (bicyclic) bond motifs is 1. The molecule has 5 nitrogen and oxygen atoms in total. The van der Waals surface area contributed by atoms with Gasteiger partial charge in [-0.3, -0.25) is 9.59 Å². The third-order valence-electron chi connectivity index (χ3n) is 4.65. The number of nitrogens with zero attached hydrogens (tertiary/aromatic N) is 1. The average Bonchev–Trinajstić information content (AvgIpc) is 2.74. The van der Waals surface area contributed by atoms with Crippen molar-refractivity contribution in [2.45, 2.75) is 6.42 Å². The smallest absolute Gasteiger partial charge is 0.265 e. The van der Waals surface area contributed by atoms with E-state index in [-0.39, 0.29) is 24.8 Å². The molecule has 3 aromatic rings. The molecule has 140 valence electrons. The Morgan fingerprint density at radius 1 is 0.893 bits per heavy atom. The van der Waals surface area contributed by atoms with Crippen molar-refractivity contribution in [1.82, 2.24) is 0 Å². The van der Waals surface area contributed by atoms with Crippen LogP contribution >= 0.6 is 0 Å². The molecule has 4 rings (SSSR count). The number of amides is 2. The summed E-state index contributed by atoms with van der Waals surface area (Å²) in [6.45, 7) is 0.312. The number of hydrogen-bond donors (Lipinski definition) is 1. The minimum absolute atomic E-state index is 0.000416. The zero-order valence-electron chi connectivity index (χ0n) is 15.3. The highest BCUT2D eigenvalue weighted by atomic mass is 16.5. The number of carbonyl (C=O) groups excluding carboxylic acids is 2. The summed E-state index contributed by atoms with van der Waals surface area (Å²) >= 11 is 0. The van der Waals surface area contributed by atoms with E-state index >= 15 is 0 Å². The van der Waals surface area contributed by atoms with Gasteiger partial charge in [0.25, 0.3) is 5.91 Å². The zero-order valence-corrected chi connectivity index (χ0v) is 15.3. The third-order valence-corrected chi connectivity index (χ3v) is 4.65. The molecular formula is C23H20N2O3. The largest absolute Gasteiger partial charge is 0.482 e. The second-order valence-electron chi connectivity index (χ2n) is 6.54. The van der Waals surface area contributed by atoms with Gasteiger partial charge in [0.15, 0.2) is 6.61 Å². The van der Waals surface area contributed by atoms with Crippen molar-refractivity contribution in [1.29, 1.82) is 0 Å². The predicted octanol–water partition coefficient (Wildman–Crippen LogP) is 4.11. The molecule has 0 aliphatic carbocycles. The SMILES string of the molecule is O=C(CCN1C(=O)COc2ccccc21)Nc1ccc(-c2ccccc2)cc1. The first-order valence-electron chi connectivity index (χ1n) is 9.18. The van der Waals surface area contributed by atoms with Crippen LogP contribution in [0.15, 0.2) is 78.9 Å². The number of hydrogen-bond acceptors (Lipinski definition) is 3. The molecule has 1 N–H and O–H groups in total. The maximum atomic E-state index is 12.3. The zero-order chi connectivity index (χ0) is 19.3. The fourth-order valence-corrected chi connectivity index (χ4v) is 3.21. The Morgan fingerprint density at radius 3 is 2.36 bits per heavy atom. The number of ether oxygens (including phenoxy) is 1. The van der Waals surface area contributed by atoms with Crippen LogP contribution in [0.1, 0.15) is 6.42 Å². The van der Waals surface area contributed by atoms with Crippen molar-refractivity contribution in [2.75, 3.05) is 23.4 Å². The van der Waals surface area contributed by atoms with Gasteiger partial charge < -0.3 is 15.0 Å². The van der Waals surface area contributed by atoms with Gasteiger partial charge in [0, 0.05) is 18.7 Å². The summed E-state index contributed by atoms with van der Waals surface area (Å²) < 4.78 is 5.42. The molecule has 0 spiro atoms. The number of para-hydroxylation sites is 2. The fraction of sp³-hybridized carbons (Fsp3) is 0.130. The first-order chi connectivity index (χ1) is 13.7. The average molecular weight is 372 g/mol. The lowest BCUT2D eigenvalue weighted by atomic mass is 10.1. The van der Waals surface area contributed by atoms with Crippen molar-refractivity contribution < 1.29 is 14.3 Å². The molecule has 5 heteroatoms. The molecule has 3 aromatic carbocycles. The van der Waals surface area contributed by atoms with Crippen molar-refractivity contribution in [3.63, 3.8) is 0 Å². The lowest BCUT2D eigenvalue weighted by molar-refractivity contribution is -0.121. The van der Waals surface area contributed by atoms with Gasteiger partial charge in [0.1, 0.15) is 5.75 Å². The van der Waals surface area contributed by atoms with Gasteiger partial charge in [-0.25, -0.2) is 0 Å². The number of carbonyl (C=O) groups is 2. The number of anilines is 2. The molecule has 1 aliphatic heterocycles. The van der Waals surface area contributed by atoms with Gasteiger partial charge in [-0.1, -0.05) is 54.6 Å². The van der Waals surface area contributed by atoms with Crippen molar-refractivity contribution in [2.24, 2.45) is 0 Å². The Kier molecular flexibility index (Phi) is 5.06. The van der Waals surface area contributed by atoms with Crippen LogP contribution in [0, 0.1) is 0 Å². The standard InChI is InChI=1S/C23H20N2O3/c26-22(14-15-25-20-8-4-5-9-21(20)28-16-23(25)27)24-19-12-10-18(11-13-19)17-6-2-1-3-7-17/h1-13H,14-16H2,(H,24,26). The number of rotatable bonds is 5. The molecule has 0 saturated heterocycles. The van der Waals surface area contributed by atoms with Crippen LogP contribution in [0.2, 0.25) is 0 Å². The van der Waals surface area contributed by atoms with Crippen LogP contribution in [-0.2, 0) is 9.59 Å². The fourth-order valence-electron chi connectivity index (χ4n) is 3.21. The van der Waals surface area contributed by atoms with Gasteiger partial charge in [0.05, 0.1) is 5.69 Å². The molecule has 1 heterocycles. The molecular weight excluding hydrogens is 352 g/mol. The van der Waals surface area contributed by atoms with Crippen molar-refractivity contribution in [3.8, 4) is 16.9 Å². The molecule has 1 aliphatic rings. The Hall–Kier alpha value is -3.60. The molecule has 0 aromatic heterocycles. The maximum Gasteiger partial charge on any atom is 0.265 e. The highest BCUT2D eigenvalue weighted by molar-refractivity contribution is 5.99. The first kappa shape index (κ1) is 17.8. The second kappa shape index (κ2) is 7.96. The van der Waals surface area contributed by atoms with Crippen LogP contribution in [0.5, 0.6) is 5.75 Å². The van der Waals surface area contributed by atoms with Crippen LogP contribution in [0.25, 0.3) is 11.1 Å². The monoisotopic (exact) mass is 372 g/mol. The highest BCUT2D eigenvalue weighted by Crippen LogP contribution is 2.31. The van der Waals surface area contributed by atoms with E-state index in [4.69, 9.17) is 4.74 Å². The topological polar surface area (TPSA) is 58.6 Å². The molecule has 2 amide bonds. The molecule has 0 radical (unpaired) electrons. The summed E-state index contributed by atoms with van der Waals surface area (Å²) in [6, 6.07) is 25.2. The third kappa shape index (κ3) is 3.88. The molecule has 0 atom stereocenters. The van der Waals surface area contributed by atoms with Gasteiger partial charge in [0.2, 0.25) is 5.91 Å². The Morgan fingerprint density at radius 2 is 1.57 bits per heavy atom. The molecule has 0 saturated carbocycles. The van der Waals surface area contributed by atoms with Gasteiger partial charge in [-0.2, -0.15) is 0 Å². The van der Waals surface area contributed by atoms with Gasteiger partial charge in [-0.15, -0.1) is 0 Å². The summed E-state index contributed by atoms with van der Waals surface area (Å²) in [7, 11) is 0. The highest BCUT2D eigenvalue weighted by Gasteiger charge is 2.25. The Balaban J connectivity index is 1.37. The summed E-state index contributed by atoms with van der Waals surface area (Å²) in [5, 5.41) is 2.89. The van der Waals surface area contributed by atoms with E-state index in [2.05, 4.69) is 5.32 Å². The lowest BCUT2D eigenvalue weighted by Crippen LogP contribution is -2.40. The maximum absolute atomic E-state index is 12.3. The summed E-state index contributed by atoms with van der Waals surface area (Å²) in [5.41, 5.74) is 3.66. The van der Waals surface area contributed by atoms with E-state index in [1.807, 2.05) is 78.9 Å². The van der Waals surface area contributed by atoms with Crippen molar-refractivity contribution in [3.05, 3.63) is 78.9 Å². The Bertz CT molecular complexity index is 984. The van der Waals surface area contributed by atoms with Crippen molar-refractivity contribution >= 4 is 23.2 Å². The van der Waals surface area contributed by atoms with E-state index in [0.717, 1.165) is 16.8 Å². The lowest BCUT2D eigenvalue weighted by Gasteiger charge is -2.29. The predicted molar refractivity (Wildman–Crippen MR) is 109 cm³/mol. The van der Waals surface area contributed by atoms with Crippen LogP contribution in [0.4, 0.5) is 11.4 Å². The van der Waals surface area contributed by atoms with E-state index < -0.39 is 0 Å². The molecule has 0 unspecified atom stereocenters. The second-order valence-corrected chi connectivity index (χ2v) is 6.54. The van der Waals surface area contributed by atoms with E-state index in [9.17, 15) is 9.59 Å². The molecule has 0 fully saturated rings. The summed E-state index contributed by atoms with van der Waals surface area (Å²) in [5.74, 6) is 0.391. The van der Waals surface area contributed by atoms with Crippen LogP contribution in [0.3, 0.4) is 0 Å². The summed E-state index contributed by atoms with van der Waals surface area (Å²) in [4.78, 5) is 26.1. The molecule has 28 heavy (non-hydrogen) atoms.